The average molecular weight is 348 g/mol. The van der Waals surface area contributed by atoms with E-state index in [1.807, 2.05) is 41.8 Å². The second-order valence-corrected chi connectivity index (χ2v) is 6.16. The monoisotopic (exact) mass is 348 g/mol. The fourth-order valence-electron chi connectivity index (χ4n) is 2.18. The van der Waals surface area contributed by atoms with Crippen molar-refractivity contribution in [3.8, 4) is 5.75 Å². The number of carbonyl (C=O) groups excluding carboxylic acids is 2. The standard InChI is InChI=1S/C17H21N3O3S/c1-18-16(21)10-19-11-17(22)20(12-15-4-3-9-24-15)13-5-7-14(23-2)8-6-13/h3-9,19H,10-12H2,1-2H3,(H,18,21)/p+1. The van der Waals surface area contributed by atoms with E-state index >= 15 is 0 Å². The van der Waals surface area contributed by atoms with Gasteiger partial charge in [0.15, 0.2) is 13.1 Å². The third-order valence-electron chi connectivity index (χ3n) is 3.51. The molecule has 1 aromatic carbocycles. The molecule has 0 aliphatic carbocycles. The zero-order valence-electron chi connectivity index (χ0n) is 13.8. The van der Waals surface area contributed by atoms with Crippen LogP contribution < -0.4 is 20.3 Å². The first kappa shape index (κ1) is 18.0. The van der Waals surface area contributed by atoms with Crippen LogP contribution in [0.5, 0.6) is 5.75 Å². The van der Waals surface area contributed by atoms with Crippen LogP contribution in [0.4, 0.5) is 5.69 Å². The van der Waals surface area contributed by atoms with Crippen molar-refractivity contribution < 1.29 is 19.6 Å². The highest BCUT2D eigenvalue weighted by molar-refractivity contribution is 7.09. The Morgan fingerprint density at radius 3 is 2.54 bits per heavy atom. The number of ether oxygens (including phenoxy) is 1. The van der Waals surface area contributed by atoms with Crippen LogP contribution in [-0.2, 0) is 16.1 Å². The van der Waals surface area contributed by atoms with Gasteiger partial charge in [0, 0.05) is 17.6 Å². The average Bonchev–Trinajstić information content (AvgIpc) is 3.12. The topological polar surface area (TPSA) is 75.2 Å². The number of hydrogen-bond donors (Lipinski definition) is 2. The lowest BCUT2D eigenvalue weighted by Crippen LogP contribution is -2.88. The van der Waals surface area contributed by atoms with Gasteiger partial charge in [-0.2, -0.15) is 0 Å². The van der Waals surface area contributed by atoms with Crippen molar-refractivity contribution in [2.75, 3.05) is 32.1 Å². The van der Waals surface area contributed by atoms with Gasteiger partial charge >= 0.3 is 0 Å². The third kappa shape index (κ3) is 5.07. The molecule has 0 aliphatic heterocycles. The van der Waals surface area contributed by atoms with Crippen molar-refractivity contribution in [2.45, 2.75) is 6.54 Å². The maximum absolute atomic E-state index is 12.6. The summed E-state index contributed by atoms with van der Waals surface area (Å²) < 4.78 is 5.17. The number of thiophene rings is 1. The van der Waals surface area contributed by atoms with E-state index in [0.717, 1.165) is 16.3 Å². The molecule has 3 N–H and O–H groups in total. The Labute approximate surface area is 145 Å². The maximum Gasteiger partial charge on any atom is 0.282 e. The summed E-state index contributed by atoms with van der Waals surface area (Å²) in [6.07, 6.45) is 0. The van der Waals surface area contributed by atoms with Gasteiger partial charge in [0.05, 0.1) is 13.7 Å². The van der Waals surface area contributed by atoms with Crippen molar-refractivity contribution in [2.24, 2.45) is 0 Å². The molecule has 1 heterocycles. The molecule has 0 unspecified atom stereocenters. The Balaban J connectivity index is 2.09. The van der Waals surface area contributed by atoms with E-state index < -0.39 is 0 Å². The number of quaternary nitrogens is 1. The molecule has 2 aromatic rings. The van der Waals surface area contributed by atoms with Gasteiger partial charge in [-0.15, -0.1) is 11.3 Å². The normalized spacial score (nSPS) is 10.2. The fourth-order valence-corrected chi connectivity index (χ4v) is 2.88. The van der Waals surface area contributed by atoms with E-state index in [9.17, 15) is 9.59 Å². The van der Waals surface area contributed by atoms with Crippen LogP contribution in [0.3, 0.4) is 0 Å². The minimum absolute atomic E-state index is 0.0440. The smallest absolute Gasteiger partial charge is 0.282 e. The summed E-state index contributed by atoms with van der Waals surface area (Å²) in [5.74, 6) is 0.600. The van der Waals surface area contributed by atoms with Gasteiger partial charge < -0.3 is 20.3 Å². The van der Waals surface area contributed by atoms with E-state index in [4.69, 9.17) is 4.74 Å². The second kappa shape index (κ2) is 9.05. The Kier molecular flexibility index (Phi) is 6.77. The molecule has 7 heteroatoms. The number of carbonyl (C=O) groups is 2. The Hall–Kier alpha value is -2.38. The van der Waals surface area contributed by atoms with Crippen molar-refractivity contribution in [1.29, 1.82) is 0 Å². The van der Waals surface area contributed by atoms with Gasteiger partial charge in [-0.05, 0) is 35.7 Å². The molecule has 24 heavy (non-hydrogen) atoms. The number of hydrogen-bond acceptors (Lipinski definition) is 4. The number of anilines is 1. The lowest BCUT2D eigenvalue weighted by Gasteiger charge is -2.21. The van der Waals surface area contributed by atoms with Crippen LogP contribution in [0.25, 0.3) is 0 Å². The van der Waals surface area contributed by atoms with Crippen LogP contribution in [0.2, 0.25) is 0 Å². The first-order chi connectivity index (χ1) is 11.6. The molecule has 0 bridgehead atoms. The van der Waals surface area contributed by atoms with Crippen molar-refractivity contribution in [3.63, 3.8) is 0 Å². The molecule has 0 saturated heterocycles. The van der Waals surface area contributed by atoms with Crippen molar-refractivity contribution in [1.82, 2.24) is 5.32 Å². The summed E-state index contributed by atoms with van der Waals surface area (Å²) in [6, 6.07) is 11.4. The van der Waals surface area contributed by atoms with Crippen molar-refractivity contribution >= 4 is 28.8 Å². The predicted molar refractivity (Wildman–Crippen MR) is 94.2 cm³/mol. The zero-order chi connectivity index (χ0) is 17.4. The molecule has 0 spiro atoms. The Bertz CT molecular complexity index is 656. The predicted octanol–water partition coefficient (Wildman–Crippen LogP) is 0.599. The molecule has 2 rings (SSSR count). The minimum Gasteiger partial charge on any atom is -0.497 e. The van der Waals surface area contributed by atoms with Crippen LogP contribution >= 0.6 is 11.3 Å². The van der Waals surface area contributed by atoms with Gasteiger partial charge in [-0.25, -0.2) is 0 Å². The van der Waals surface area contributed by atoms with Crippen LogP contribution in [0.15, 0.2) is 41.8 Å². The van der Waals surface area contributed by atoms with E-state index in [2.05, 4.69) is 5.32 Å². The summed E-state index contributed by atoms with van der Waals surface area (Å²) in [6.45, 7) is 0.958. The largest absolute Gasteiger partial charge is 0.497 e. The molecule has 0 aliphatic rings. The van der Waals surface area contributed by atoms with Crippen LogP contribution in [0, 0.1) is 0 Å². The van der Waals surface area contributed by atoms with Crippen LogP contribution in [-0.4, -0.2) is 39.1 Å². The number of nitrogens with two attached hydrogens (primary N) is 1. The summed E-state index contributed by atoms with van der Waals surface area (Å²) in [4.78, 5) is 26.7. The number of nitrogens with one attached hydrogen (secondary N) is 1. The Morgan fingerprint density at radius 1 is 1.21 bits per heavy atom. The number of benzene rings is 1. The number of nitrogens with zero attached hydrogens (tertiary/aromatic N) is 1. The summed E-state index contributed by atoms with van der Waals surface area (Å²) in [5.41, 5.74) is 0.808. The highest BCUT2D eigenvalue weighted by Gasteiger charge is 2.18. The molecule has 0 atom stereocenters. The molecular weight excluding hydrogens is 326 g/mol. The molecule has 0 radical (unpaired) electrons. The van der Waals surface area contributed by atoms with Gasteiger partial charge in [0.1, 0.15) is 5.75 Å². The minimum atomic E-state index is -0.0999. The van der Waals surface area contributed by atoms with Gasteiger partial charge in [-0.1, -0.05) is 6.07 Å². The highest BCUT2D eigenvalue weighted by atomic mass is 32.1. The van der Waals surface area contributed by atoms with E-state index in [0.29, 0.717) is 6.54 Å². The van der Waals surface area contributed by atoms with E-state index in [-0.39, 0.29) is 24.9 Å². The fraction of sp³-hybridized carbons (Fsp3) is 0.294. The number of likely N-dealkylation sites (N-methyl/N-ethyl adjacent to an activating group) is 1. The first-order valence-corrected chi connectivity index (χ1v) is 8.51. The van der Waals surface area contributed by atoms with Gasteiger partial charge in [0.25, 0.3) is 11.8 Å². The number of methoxy groups -OCH3 is 1. The Morgan fingerprint density at radius 2 is 1.96 bits per heavy atom. The molecule has 0 saturated carbocycles. The highest BCUT2D eigenvalue weighted by Crippen LogP contribution is 2.22. The SMILES string of the molecule is CNC(=O)C[NH2+]CC(=O)N(Cc1cccs1)c1ccc(OC)cc1. The molecule has 128 valence electrons. The summed E-state index contributed by atoms with van der Waals surface area (Å²) >= 11 is 1.61. The number of rotatable bonds is 8. The quantitative estimate of drug-likeness (QED) is 0.734. The zero-order valence-corrected chi connectivity index (χ0v) is 14.6. The van der Waals surface area contributed by atoms with Gasteiger partial charge in [-0.3, -0.25) is 9.59 Å². The molecule has 0 fully saturated rings. The summed E-state index contributed by atoms with van der Waals surface area (Å²) in [5, 5.41) is 6.23. The van der Waals surface area contributed by atoms with E-state index in [1.54, 1.807) is 35.7 Å². The lowest BCUT2D eigenvalue weighted by molar-refractivity contribution is -0.632. The molecule has 6 nitrogen and oxygen atoms in total. The van der Waals surface area contributed by atoms with Gasteiger partial charge in [0.2, 0.25) is 0 Å². The van der Waals surface area contributed by atoms with Crippen molar-refractivity contribution in [3.05, 3.63) is 46.7 Å². The summed E-state index contributed by atoms with van der Waals surface area (Å²) in [7, 11) is 3.19. The maximum atomic E-state index is 12.6. The molecule has 1 aromatic heterocycles. The third-order valence-corrected chi connectivity index (χ3v) is 4.37. The van der Waals surface area contributed by atoms with E-state index in [1.165, 1.54) is 0 Å². The second-order valence-electron chi connectivity index (χ2n) is 5.13. The molecule has 2 amide bonds. The number of amides is 2. The van der Waals surface area contributed by atoms with Crippen LogP contribution in [0.1, 0.15) is 4.88 Å². The lowest BCUT2D eigenvalue weighted by atomic mass is 10.2. The first-order valence-electron chi connectivity index (χ1n) is 7.63. The molecular formula is C17H22N3O3S+.